The van der Waals surface area contributed by atoms with E-state index in [-0.39, 0.29) is 23.9 Å². The van der Waals surface area contributed by atoms with Crippen molar-refractivity contribution in [3.8, 4) is 11.5 Å². The molecule has 2 aromatic rings. The molecule has 0 fully saturated rings. The fourth-order valence-electron chi connectivity index (χ4n) is 2.22. The highest BCUT2D eigenvalue weighted by Crippen LogP contribution is 2.11. The molecule has 0 spiro atoms. The van der Waals surface area contributed by atoms with Crippen LogP contribution in [0.15, 0.2) is 29.2 Å². The average molecular weight is 316 g/mol. The number of rotatable bonds is 6. The van der Waals surface area contributed by atoms with Gasteiger partial charge >= 0.3 is 0 Å². The van der Waals surface area contributed by atoms with E-state index in [1.807, 2.05) is 13.0 Å². The number of aromatic amines is 1. The average Bonchev–Trinajstić information content (AvgIpc) is 2.51. The molecule has 0 aliphatic heterocycles. The number of aryl methyl sites for hydroxylation is 1. The summed E-state index contributed by atoms with van der Waals surface area (Å²) in [4.78, 5) is 35.4. The molecule has 0 saturated carbocycles. The van der Waals surface area contributed by atoms with E-state index in [4.69, 9.17) is 4.74 Å². The third-order valence-electron chi connectivity index (χ3n) is 3.29. The standard InChI is InChI=1S/C16H20N4O3/c1-10(9-23-3)18-14(21)8-12-11(2)19-15(20-16(12)22)13-6-4-5-7-17-13/h4-7,10H,8-9H2,1-3H3,(H,18,21)(H,19,20,22)/t10-/m1/s1. The smallest absolute Gasteiger partial charge is 0.255 e. The van der Waals surface area contributed by atoms with Gasteiger partial charge < -0.3 is 15.0 Å². The van der Waals surface area contributed by atoms with Crippen LogP contribution >= 0.6 is 0 Å². The third-order valence-corrected chi connectivity index (χ3v) is 3.29. The van der Waals surface area contributed by atoms with Crippen LogP contribution in [0.5, 0.6) is 0 Å². The van der Waals surface area contributed by atoms with E-state index in [1.54, 1.807) is 32.4 Å². The Labute approximate surface area is 134 Å². The molecule has 1 amide bonds. The molecular formula is C16H20N4O3. The van der Waals surface area contributed by atoms with Gasteiger partial charge in [0, 0.05) is 30.6 Å². The molecule has 2 heterocycles. The second-order valence-corrected chi connectivity index (χ2v) is 5.29. The molecule has 2 aromatic heterocycles. The van der Waals surface area contributed by atoms with Gasteiger partial charge in [0.05, 0.1) is 13.0 Å². The molecule has 7 nitrogen and oxygen atoms in total. The maximum atomic E-state index is 12.3. The Morgan fingerprint density at radius 3 is 2.83 bits per heavy atom. The zero-order valence-corrected chi connectivity index (χ0v) is 13.4. The summed E-state index contributed by atoms with van der Waals surface area (Å²) in [6.45, 7) is 3.96. The number of ether oxygens (including phenoxy) is 1. The highest BCUT2D eigenvalue weighted by molar-refractivity contribution is 5.79. The van der Waals surface area contributed by atoms with E-state index in [9.17, 15) is 9.59 Å². The van der Waals surface area contributed by atoms with Crippen molar-refractivity contribution in [2.24, 2.45) is 0 Å². The van der Waals surface area contributed by atoms with Crippen molar-refractivity contribution >= 4 is 5.91 Å². The van der Waals surface area contributed by atoms with Gasteiger partial charge in [-0.2, -0.15) is 0 Å². The Bertz CT molecular complexity index is 728. The van der Waals surface area contributed by atoms with Crippen LogP contribution < -0.4 is 10.9 Å². The molecule has 0 radical (unpaired) electrons. The molecule has 23 heavy (non-hydrogen) atoms. The normalized spacial score (nSPS) is 12.0. The summed E-state index contributed by atoms with van der Waals surface area (Å²) in [5.41, 5.74) is 1.13. The van der Waals surface area contributed by atoms with Crippen molar-refractivity contribution < 1.29 is 9.53 Å². The van der Waals surface area contributed by atoms with Gasteiger partial charge in [-0.25, -0.2) is 4.98 Å². The summed E-state index contributed by atoms with van der Waals surface area (Å²) in [7, 11) is 1.57. The minimum Gasteiger partial charge on any atom is -0.383 e. The van der Waals surface area contributed by atoms with Crippen molar-refractivity contribution in [2.75, 3.05) is 13.7 Å². The van der Waals surface area contributed by atoms with Crippen LogP contribution in [0.4, 0.5) is 0 Å². The fourth-order valence-corrected chi connectivity index (χ4v) is 2.22. The Morgan fingerprint density at radius 2 is 2.22 bits per heavy atom. The number of nitrogens with zero attached hydrogens (tertiary/aromatic N) is 2. The van der Waals surface area contributed by atoms with Crippen molar-refractivity contribution in [2.45, 2.75) is 26.3 Å². The molecular weight excluding hydrogens is 296 g/mol. The molecule has 1 atom stereocenters. The number of hydrogen-bond donors (Lipinski definition) is 2. The Balaban J connectivity index is 2.18. The Morgan fingerprint density at radius 1 is 1.43 bits per heavy atom. The van der Waals surface area contributed by atoms with E-state index < -0.39 is 0 Å². The number of aromatic nitrogens is 3. The quantitative estimate of drug-likeness (QED) is 0.823. The van der Waals surface area contributed by atoms with Gasteiger partial charge in [-0.1, -0.05) is 6.07 Å². The summed E-state index contributed by atoms with van der Waals surface area (Å²) in [6, 6.07) is 5.24. The maximum absolute atomic E-state index is 12.3. The molecule has 0 aliphatic carbocycles. The van der Waals surface area contributed by atoms with E-state index in [2.05, 4.69) is 20.3 Å². The SMILES string of the molecule is COC[C@@H](C)NC(=O)Cc1c(C)nc(-c2ccccn2)[nH]c1=O. The number of H-pyrrole nitrogens is 1. The number of pyridine rings is 1. The van der Waals surface area contributed by atoms with Crippen LogP contribution in [-0.2, 0) is 16.0 Å². The number of hydrogen-bond acceptors (Lipinski definition) is 5. The van der Waals surface area contributed by atoms with Gasteiger partial charge in [0.15, 0.2) is 5.82 Å². The van der Waals surface area contributed by atoms with E-state index >= 15 is 0 Å². The minimum atomic E-state index is -0.326. The van der Waals surface area contributed by atoms with Gasteiger partial charge in [0.1, 0.15) is 5.69 Å². The summed E-state index contributed by atoms with van der Waals surface area (Å²) < 4.78 is 4.96. The first-order valence-corrected chi connectivity index (χ1v) is 7.30. The largest absolute Gasteiger partial charge is 0.383 e. The lowest BCUT2D eigenvalue weighted by Gasteiger charge is -2.13. The number of carbonyl (C=O) groups is 1. The van der Waals surface area contributed by atoms with Crippen LogP contribution in [0.2, 0.25) is 0 Å². The second kappa shape index (κ2) is 7.64. The highest BCUT2D eigenvalue weighted by atomic mass is 16.5. The molecule has 0 aromatic carbocycles. The second-order valence-electron chi connectivity index (χ2n) is 5.29. The van der Waals surface area contributed by atoms with Crippen LogP contribution in [0.25, 0.3) is 11.5 Å². The monoisotopic (exact) mass is 316 g/mol. The Hall–Kier alpha value is -2.54. The molecule has 0 saturated heterocycles. The van der Waals surface area contributed by atoms with Crippen molar-refractivity contribution in [3.63, 3.8) is 0 Å². The van der Waals surface area contributed by atoms with E-state index in [0.717, 1.165) is 0 Å². The van der Waals surface area contributed by atoms with Crippen molar-refractivity contribution in [1.82, 2.24) is 20.3 Å². The summed E-state index contributed by atoms with van der Waals surface area (Å²) in [6.07, 6.45) is 1.61. The molecule has 0 bridgehead atoms. The highest BCUT2D eigenvalue weighted by Gasteiger charge is 2.15. The van der Waals surface area contributed by atoms with Gasteiger partial charge in [-0.3, -0.25) is 14.6 Å². The lowest BCUT2D eigenvalue weighted by molar-refractivity contribution is -0.121. The molecule has 7 heteroatoms. The minimum absolute atomic E-state index is 0.0231. The first kappa shape index (κ1) is 16.8. The number of methoxy groups -OCH3 is 1. The molecule has 122 valence electrons. The van der Waals surface area contributed by atoms with Gasteiger partial charge in [0.25, 0.3) is 5.56 Å². The number of nitrogens with one attached hydrogen (secondary N) is 2. The topological polar surface area (TPSA) is 97.0 Å². The number of amides is 1. The van der Waals surface area contributed by atoms with Crippen molar-refractivity contribution in [3.05, 3.63) is 46.0 Å². The Kier molecular flexibility index (Phi) is 5.59. The van der Waals surface area contributed by atoms with Gasteiger partial charge in [0.2, 0.25) is 5.91 Å². The van der Waals surface area contributed by atoms with E-state index in [1.165, 1.54) is 0 Å². The van der Waals surface area contributed by atoms with Crippen molar-refractivity contribution in [1.29, 1.82) is 0 Å². The van der Waals surface area contributed by atoms with Crippen LogP contribution in [0.3, 0.4) is 0 Å². The lowest BCUT2D eigenvalue weighted by atomic mass is 10.1. The predicted molar refractivity (Wildman–Crippen MR) is 86.0 cm³/mol. The summed E-state index contributed by atoms with van der Waals surface area (Å²) in [5, 5.41) is 2.77. The van der Waals surface area contributed by atoms with Gasteiger partial charge in [-0.05, 0) is 26.0 Å². The molecule has 2 N–H and O–H groups in total. The number of carbonyl (C=O) groups excluding carboxylic acids is 1. The van der Waals surface area contributed by atoms with Crippen LogP contribution in [0.1, 0.15) is 18.2 Å². The van der Waals surface area contributed by atoms with E-state index in [0.29, 0.717) is 29.4 Å². The van der Waals surface area contributed by atoms with Crippen LogP contribution in [0, 0.1) is 6.92 Å². The lowest BCUT2D eigenvalue weighted by Crippen LogP contribution is -2.37. The van der Waals surface area contributed by atoms with Gasteiger partial charge in [-0.15, -0.1) is 0 Å². The molecule has 0 unspecified atom stereocenters. The first-order valence-electron chi connectivity index (χ1n) is 7.30. The molecule has 2 rings (SSSR count). The third kappa shape index (κ3) is 4.46. The molecule has 0 aliphatic rings. The first-order chi connectivity index (χ1) is 11.0. The van der Waals surface area contributed by atoms with Crippen LogP contribution in [-0.4, -0.2) is 40.6 Å². The summed E-state index contributed by atoms with van der Waals surface area (Å²) in [5.74, 6) is 0.153. The predicted octanol–water partition coefficient (Wildman–Crippen LogP) is 0.834. The maximum Gasteiger partial charge on any atom is 0.255 e. The fraction of sp³-hybridized carbons (Fsp3) is 0.375. The summed E-state index contributed by atoms with van der Waals surface area (Å²) >= 11 is 0. The zero-order chi connectivity index (χ0) is 16.8. The zero-order valence-electron chi connectivity index (χ0n) is 13.4.